The normalized spacial score (nSPS) is 14.0. The molecule has 56 heavy (non-hydrogen) atoms. The van der Waals surface area contributed by atoms with E-state index in [0.717, 1.165) is 11.1 Å². The fourth-order valence-corrected chi connectivity index (χ4v) is 7.88. The molecule has 0 bridgehead atoms. The van der Waals surface area contributed by atoms with Crippen LogP contribution in [0.25, 0.3) is 5.73 Å². The van der Waals surface area contributed by atoms with E-state index in [1.807, 2.05) is 30.3 Å². The maximum atomic E-state index is 12.5. The lowest BCUT2D eigenvalue weighted by Gasteiger charge is -2.21. The quantitative estimate of drug-likeness (QED) is 0.0394. The fraction of sp³-hybridized carbons (Fsp3) is 0.368. The summed E-state index contributed by atoms with van der Waals surface area (Å²) in [7, 11) is -1.94. The number of aromatic hydroxyl groups is 1. The Kier molecular flexibility index (Phi) is 19.6. The summed E-state index contributed by atoms with van der Waals surface area (Å²) in [5.41, 5.74) is 21.2. The van der Waals surface area contributed by atoms with Gasteiger partial charge >= 0.3 is 10.4 Å². The SMILES string of the molecule is [2H]C(=O)[C@H](CSSC[C@H](C)C(=O)C[C@@H](Cc1ccc(O)cc1)C(N)=O)NC(C)=O.[NH-][C@@H](Cc1ccc(OS(=O)(=O)O)cc1)C(=O)C[C@@H](Cc1ccccc1)C(N)=O. The van der Waals surface area contributed by atoms with Crippen molar-refractivity contribution < 1.29 is 52.4 Å². The van der Waals surface area contributed by atoms with Crippen LogP contribution in [0.5, 0.6) is 11.5 Å². The number of benzene rings is 3. The summed E-state index contributed by atoms with van der Waals surface area (Å²) in [6.07, 6.45) is -0.223. The topological polar surface area (TPSA) is 274 Å². The molecule has 15 nitrogen and oxygen atoms in total. The minimum absolute atomic E-state index is 0.0301. The molecule has 0 aliphatic rings. The zero-order chi connectivity index (χ0) is 42.7. The van der Waals surface area contributed by atoms with Crippen molar-refractivity contribution in [3.63, 3.8) is 0 Å². The predicted molar refractivity (Wildman–Crippen MR) is 215 cm³/mol. The minimum atomic E-state index is -4.61. The molecule has 0 aliphatic carbocycles. The number of aldehydes is 1. The van der Waals surface area contributed by atoms with Gasteiger partial charge in [0.05, 0.1) is 6.04 Å². The second-order valence-corrected chi connectivity index (χ2v) is 16.4. The third-order valence-electron chi connectivity index (χ3n) is 8.10. The van der Waals surface area contributed by atoms with Crippen LogP contribution in [-0.4, -0.2) is 77.2 Å². The van der Waals surface area contributed by atoms with Crippen LogP contribution in [0.1, 0.15) is 44.8 Å². The number of rotatable bonds is 23. The molecule has 3 rings (SSSR count). The van der Waals surface area contributed by atoms with Crippen LogP contribution in [-0.2, 0) is 58.4 Å². The third-order valence-corrected chi connectivity index (χ3v) is 11.1. The molecule has 3 aromatic rings. The number of hydrogen-bond donors (Lipinski definition) is 5. The van der Waals surface area contributed by atoms with Gasteiger partial charge in [0.2, 0.25) is 17.7 Å². The molecule has 0 aliphatic heterocycles. The van der Waals surface area contributed by atoms with E-state index in [2.05, 4.69) is 9.50 Å². The van der Waals surface area contributed by atoms with Crippen LogP contribution in [0.4, 0.5) is 0 Å². The molecule has 5 atom stereocenters. The van der Waals surface area contributed by atoms with Crippen LogP contribution in [0.3, 0.4) is 0 Å². The summed E-state index contributed by atoms with van der Waals surface area (Å²) in [4.78, 5) is 70.5. The van der Waals surface area contributed by atoms with Crippen molar-refractivity contribution in [3.05, 3.63) is 101 Å². The second-order valence-electron chi connectivity index (χ2n) is 12.9. The van der Waals surface area contributed by atoms with Crippen molar-refractivity contribution in [1.82, 2.24) is 5.32 Å². The molecule has 0 saturated carbocycles. The van der Waals surface area contributed by atoms with Crippen LogP contribution >= 0.6 is 21.6 Å². The lowest BCUT2D eigenvalue weighted by molar-refractivity contribution is -0.128. The first-order valence-electron chi connectivity index (χ1n) is 17.7. The Balaban J connectivity index is 0.000000394. The highest BCUT2D eigenvalue weighted by atomic mass is 33.1. The van der Waals surface area contributed by atoms with Crippen molar-refractivity contribution >= 4 is 67.5 Å². The number of nitrogens with two attached hydrogens (primary N) is 2. The Bertz CT molecular complexity index is 1920. The molecule has 0 saturated heterocycles. The lowest BCUT2D eigenvalue weighted by atomic mass is 9.90. The van der Waals surface area contributed by atoms with Gasteiger partial charge in [-0.1, -0.05) is 89.2 Å². The van der Waals surface area contributed by atoms with E-state index in [-0.39, 0.29) is 54.1 Å². The van der Waals surface area contributed by atoms with E-state index < -0.39 is 58.2 Å². The molecule has 0 aromatic heterocycles. The first-order chi connectivity index (χ1) is 26.7. The molecule has 3 amide bonds. The Hall–Kier alpha value is -4.75. The molecular formula is C38H47N4O11S3-. The van der Waals surface area contributed by atoms with Crippen molar-refractivity contribution in [3.8, 4) is 11.5 Å². The van der Waals surface area contributed by atoms with Gasteiger partial charge < -0.3 is 41.4 Å². The zero-order valence-corrected chi connectivity index (χ0v) is 33.2. The molecule has 304 valence electrons. The lowest BCUT2D eigenvalue weighted by Crippen LogP contribution is -2.36. The number of carbonyl (C=O) groups is 6. The van der Waals surface area contributed by atoms with Gasteiger partial charge in [-0.05, 0) is 60.2 Å². The van der Waals surface area contributed by atoms with Crippen LogP contribution < -0.4 is 21.0 Å². The van der Waals surface area contributed by atoms with Gasteiger partial charge in [-0.3, -0.25) is 23.7 Å². The minimum Gasteiger partial charge on any atom is -0.668 e. The summed E-state index contributed by atoms with van der Waals surface area (Å²) in [5, 5.41) is 11.7. The summed E-state index contributed by atoms with van der Waals surface area (Å²) in [6.45, 7) is 3.04. The average Bonchev–Trinajstić information content (AvgIpc) is 3.13. The number of hydrogen-bond acceptors (Lipinski definition) is 12. The highest BCUT2D eigenvalue weighted by molar-refractivity contribution is 8.76. The average molecular weight is 833 g/mol. The number of phenolic OH excluding ortho intramolecular Hbond substituents is 1. The van der Waals surface area contributed by atoms with E-state index in [0.29, 0.717) is 24.2 Å². The van der Waals surface area contributed by atoms with E-state index in [4.69, 9.17) is 23.1 Å². The Morgan fingerprint density at radius 3 is 1.80 bits per heavy atom. The first-order valence-corrected chi connectivity index (χ1v) is 21.0. The summed E-state index contributed by atoms with van der Waals surface area (Å²) in [6, 6.07) is 19.2. The summed E-state index contributed by atoms with van der Waals surface area (Å²) in [5.74, 6) is -2.91. The van der Waals surface area contributed by atoms with Gasteiger partial charge in [-0.2, -0.15) is 8.42 Å². The van der Waals surface area contributed by atoms with E-state index in [9.17, 15) is 42.3 Å². The van der Waals surface area contributed by atoms with Gasteiger partial charge in [0.25, 0.3) is 0 Å². The number of amides is 3. The standard InChI is InChI=1S/C19H21N2O6S.C19H26N2O5S2/c20-17(11-14-6-8-16(9-7-14)27-28(24,25)26)18(22)12-15(19(21)23)10-13-4-2-1-3-5-13;1-12(10-27-28-11-16(9-22)21-13(2)23)18(25)8-15(19(20)26)7-14-3-5-17(24)6-4-14/h1-9,15,17,20H,10-12H2,(H2,21,23)(H,24,25,26);3-6,9,12,15-16,24H,7-8,10-11H2,1-2H3,(H2,20,26)(H,21,23)/q-1;/t15-,17+;12-,15+,16+/m10/s1/i;9D. The first kappa shape index (κ1) is 45.6. The van der Waals surface area contributed by atoms with Gasteiger partial charge in [0, 0.05) is 49.0 Å². The zero-order valence-electron chi connectivity index (χ0n) is 31.8. The number of primary amides is 2. The second kappa shape index (κ2) is 24.0. The van der Waals surface area contributed by atoms with Crippen molar-refractivity contribution in [2.45, 2.75) is 58.0 Å². The van der Waals surface area contributed by atoms with Crippen molar-refractivity contribution in [2.75, 3.05) is 11.5 Å². The highest BCUT2D eigenvalue weighted by Crippen LogP contribution is 2.26. The number of nitrogens with one attached hydrogen (secondary N) is 2. The Labute approximate surface area is 335 Å². The maximum absolute atomic E-state index is 12.5. The third kappa shape index (κ3) is 19.2. The van der Waals surface area contributed by atoms with Crippen molar-refractivity contribution in [2.24, 2.45) is 29.2 Å². The number of carbonyl (C=O) groups excluding carboxylic acids is 6. The molecule has 8 N–H and O–H groups in total. The Morgan fingerprint density at radius 1 is 0.821 bits per heavy atom. The molecule has 0 unspecified atom stereocenters. The molecule has 0 fully saturated rings. The van der Waals surface area contributed by atoms with Gasteiger partial charge in [-0.25, -0.2) is 0 Å². The maximum Gasteiger partial charge on any atom is 0.446 e. The molecule has 18 heteroatoms. The largest absolute Gasteiger partial charge is 0.668 e. The molecule has 0 spiro atoms. The Morgan fingerprint density at radius 2 is 1.30 bits per heavy atom. The number of ketones is 2. The monoisotopic (exact) mass is 832 g/mol. The molecule has 3 aromatic carbocycles. The molecule has 0 heterocycles. The fourth-order valence-electron chi connectivity index (χ4n) is 5.05. The summed E-state index contributed by atoms with van der Waals surface area (Å²) >= 11 is 0. The summed E-state index contributed by atoms with van der Waals surface area (Å²) < 4.78 is 41.4. The van der Waals surface area contributed by atoms with Crippen LogP contribution in [0.15, 0.2) is 78.9 Å². The van der Waals surface area contributed by atoms with Gasteiger partial charge in [0.15, 0.2) is 0 Å². The molecular weight excluding hydrogens is 785 g/mol. The van der Waals surface area contributed by atoms with Crippen LogP contribution in [0.2, 0.25) is 0 Å². The van der Waals surface area contributed by atoms with Crippen LogP contribution in [0, 0.1) is 17.8 Å². The number of Topliss-reactive ketones (excluding diaryl/α,β-unsaturated/α-hetero) is 2. The van der Waals surface area contributed by atoms with Crippen molar-refractivity contribution in [1.29, 1.82) is 0 Å². The van der Waals surface area contributed by atoms with E-state index in [1.54, 1.807) is 19.1 Å². The van der Waals surface area contributed by atoms with E-state index >= 15 is 0 Å². The van der Waals surface area contributed by atoms with Gasteiger partial charge in [-0.15, -0.1) is 0 Å². The van der Waals surface area contributed by atoms with Gasteiger partial charge in [0.1, 0.15) is 30.7 Å². The molecule has 0 radical (unpaired) electrons. The van der Waals surface area contributed by atoms with E-state index in [1.165, 1.54) is 64.9 Å². The number of phenols is 1. The smallest absolute Gasteiger partial charge is 0.446 e. The highest BCUT2D eigenvalue weighted by Gasteiger charge is 2.24. The predicted octanol–water partition coefficient (Wildman–Crippen LogP) is 3.85.